The minimum atomic E-state index is 0.101. The molecule has 1 aliphatic carbocycles. The molecule has 3 heteroatoms. The van der Waals surface area contributed by atoms with E-state index in [9.17, 15) is 4.79 Å². The number of carbonyl (C=O) groups is 1. The summed E-state index contributed by atoms with van der Waals surface area (Å²) in [4.78, 5) is 11.9. The van der Waals surface area contributed by atoms with E-state index in [1.165, 1.54) is 0 Å². The number of ketones is 1. The molecule has 0 bridgehead atoms. The fourth-order valence-electron chi connectivity index (χ4n) is 2.65. The summed E-state index contributed by atoms with van der Waals surface area (Å²) in [6, 6.07) is 7.83. The monoisotopic (exact) mass is 233 g/mol. The van der Waals surface area contributed by atoms with Crippen LogP contribution in [0.1, 0.15) is 21.8 Å². The van der Waals surface area contributed by atoms with Crippen LogP contribution in [-0.2, 0) is 0 Å². The van der Waals surface area contributed by atoms with Crippen LogP contribution in [-0.4, -0.2) is 18.2 Å². The van der Waals surface area contributed by atoms with Gasteiger partial charge in [0.25, 0.3) is 0 Å². The minimum Gasteiger partial charge on any atom is -0.387 e. The van der Waals surface area contributed by atoms with E-state index in [2.05, 4.69) is 5.32 Å². The van der Waals surface area contributed by atoms with Crippen LogP contribution in [0.4, 0.5) is 0 Å². The smallest absolute Gasteiger partial charge is 0.187 e. The molecule has 1 heterocycles. The van der Waals surface area contributed by atoms with Crippen LogP contribution in [0.5, 0.6) is 0 Å². The van der Waals surface area contributed by atoms with Gasteiger partial charge in [-0.3, -0.25) is 4.79 Å². The summed E-state index contributed by atoms with van der Waals surface area (Å²) in [6.45, 7) is 0.863. The second-order valence-electron chi connectivity index (χ2n) is 4.32. The molecule has 2 aliphatic rings. The normalized spacial score (nSPS) is 26.8. The van der Waals surface area contributed by atoms with E-state index >= 15 is 0 Å². The predicted molar refractivity (Wildman–Crippen MR) is 63.8 cm³/mol. The third-order valence-corrected chi connectivity index (χ3v) is 3.82. The summed E-state index contributed by atoms with van der Waals surface area (Å²) in [5.41, 5.74) is 2.99. The van der Waals surface area contributed by atoms with E-state index < -0.39 is 0 Å². The number of allylic oxidation sites excluding steroid dienone is 2. The average Bonchev–Trinajstić information content (AvgIpc) is 2.72. The Labute approximate surface area is 99.3 Å². The van der Waals surface area contributed by atoms with Gasteiger partial charge in [-0.05, 0) is 5.56 Å². The van der Waals surface area contributed by atoms with Crippen molar-refractivity contribution >= 4 is 17.4 Å². The van der Waals surface area contributed by atoms with Crippen LogP contribution in [0.3, 0.4) is 0 Å². The summed E-state index contributed by atoms with van der Waals surface area (Å²) in [5, 5.41) is 3.29. The van der Waals surface area contributed by atoms with Crippen molar-refractivity contribution < 1.29 is 4.79 Å². The zero-order valence-electron chi connectivity index (χ0n) is 8.74. The molecule has 1 unspecified atom stereocenters. The first-order chi connectivity index (χ1) is 7.81. The van der Waals surface area contributed by atoms with Crippen molar-refractivity contribution in [1.82, 2.24) is 5.32 Å². The van der Waals surface area contributed by atoms with Crippen molar-refractivity contribution in [3.8, 4) is 0 Å². The fourth-order valence-corrected chi connectivity index (χ4v) is 2.94. The van der Waals surface area contributed by atoms with E-state index in [-0.39, 0.29) is 11.7 Å². The highest BCUT2D eigenvalue weighted by atomic mass is 35.5. The molecule has 1 N–H and O–H groups in total. The summed E-state index contributed by atoms with van der Waals surface area (Å²) >= 11 is 5.98. The molecule has 1 saturated heterocycles. The highest BCUT2D eigenvalue weighted by Gasteiger charge is 2.37. The second kappa shape index (κ2) is 3.63. The van der Waals surface area contributed by atoms with E-state index in [0.29, 0.717) is 11.8 Å². The lowest BCUT2D eigenvalue weighted by Crippen LogP contribution is -2.19. The van der Waals surface area contributed by atoms with Gasteiger partial charge in [-0.25, -0.2) is 0 Å². The SMILES string of the molecule is O=C1C=C2NC[C@@H](CCl)C2c2ccccc21. The van der Waals surface area contributed by atoms with Gasteiger partial charge in [-0.2, -0.15) is 0 Å². The molecule has 0 saturated carbocycles. The molecule has 2 atom stereocenters. The zero-order chi connectivity index (χ0) is 11.1. The number of rotatable bonds is 1. The minimum absolute atomic E-state index is 0.101. The van der Waals surface area contributed by atoms with E-state index in [1.807, 2.05) is 24.3 Å². The Morgan fingerprint density at radius 3 is 3.00 bits per heavy atom. The molecule has 82 valence electrons. The molecule has 0 spiro atoms. The number of halogens is 1. The van der Waals surface area contributed by atoms with Gasteiger partial charge in [0.05, 0.1) is 0 Å². The molecule has 1 aromatic rings. The first-order valence-corrected chi connectivity index (χ1v) is 5.99. The maximum absolute atomic E-state index is 11.9. The zero-order valence-corrected chi connectivity index (χ0v) is 9.50. The summed E-state index contributed by atoms with van der Waals surface area (Å²) in [5.74, 6) is 1.40. The lowest BCUT2D eigenvalue weighted by atomic mass is 9.80. The maximum atomic E-state index is 11.9. The molecule has 1 fully saturated rings. The van der Waals surface area contributed by atoms with Crippen LogP contribution in [0, 0.1) is 5.92 Å². The van der Waals surface area contributed by atoms with Gasteiger partial charge in [0.1, 0.15) is 0 Å². The summed E-state index contributed by atoms with van der Waals surface area (Å²) < 4.78 is 0. The molecule has 1 aliphatic heterocycles. The Morgan fingerprint density at radius 1 is 1.38 bits per heavy atom. The highest BCUT2D eigenvalue weighted by molar-refractivity contribution is 6.18. The highest BCUT2D eigenvalue weighted by Crippen LogP contribution is 2.40. The first kappa shape index (κ1) is 9.91. The molecule has 16 heavy (non-hydrogen) atoms. The number of alkyl halides is 1. The molecule has 1 aromatic carbocycles. The van der Waals surface area contributed by atoms with Crippen molar-refractivity contribution in [1.29, 1.82) is 0 Å². The molecule has 2 nitrogen and oxygen atoms in total. The topological polar surface area (TPSA) is 29.1 Å². The fraction of sp³-hybridized carbons (Fsp3) is 0.308. The van der Waals surface area contributed by atoms with E-state index in [1.54, 1.807) is 6.08 Å². The quantitative estimate of drug-likeness (QED) is 0.755. The van der Waals surface area contributed by atoms with Gasteiger partial charge in [0, 0.05) is 41.6 Å². The molecule has 3 rings (SSSR count). The maximum Gasteiger partial charge on any atom is 0.187 e. The molecule has 0 radical (unpaired) electrons. The Kier molecular flexibility index (Phi) is 2.25. The average molecular weight is 234 g/mol. The second-order valence-corrected chi connectivity index (χ2v) is 4.63. The van der Waals surface area contributed by atoms with Crippen LogP contribution >= 0.6 is 11.6 Å². The van der Waals surface area contributed by atoms with Crippen molar-refractivity contribution in [2.75, 3.05) is 12.4 Å². The standard InChI is InChI=1S/C13H12ClNO/c14-6-8-7-15-11-5-12(16)9-3-1-2-4-10(9)13(8)11/h1-5,8,13,15H,6-7H2/t8-,13?/m1/s1. The lowest BCUT2D eigenvalue weighted by molar-refractivity contribution is 0.104. The van der Waals surface area contributed by atoms with Crippen LogP contribution < -0.4 is 5.32 Å². The van der Waals surface area contributed by atoms with Crippen LogP contribution in [0.25, 0.3) is 0 Å². The van der Waals surface area contributed by atoms with Crippen molar-refractivity contribution in [3.05, 3.63) is 47.2 Å². The van der Waals surface area contributed by atoms with Crippen LogP contribution in [0.15, 0.2) is 36.0 Å². The van der Waals surface area contributed by atoms with Crippen molar-refractivity contribution in [2.45, 2.75) is 5.92 Å². The van der Waals surface area contributed by atoms with E-state index in [0.717, 1.165) is 23.4 Å². The Bertz CT molecular complexity index is 481. The number of nitrogens with one attached hydrogen (secondary N) is 1. The first-order valence-electron chi connectivity index (χ1n) is 5.46. The van der Waals surface area contributed by atoms with Gasteiger partial charge in [-0.1, -0.05) is 24.3 Å². The van der Waals surface area contributed by atoms with Gasteiger partial charge < -0.3 is 5.32 Å². The number of fused-ring (bicyclic) bond motifs is 3. The van der Waals surface area contributed by atoms with Crippen molar-refractivity contribution in [2.24, 2.45) is 5.92 Å². The lowest BCUT2D eigenvalue weighted by Gasteiger charge is -2.23. The molecule has 0 amide bonds. The third-order valence-electron chi connectivity index (χ3n) is 3.42. The van der Waals surface area contributed by atoms with Crippen molar-refractivity contribution in [3.63, 3.8) is 0 Å². The molecular formula is C13H12ClNO. The Hall–Kier alpha value is -1.28. The third kappa shape index (κ3) is 1.30. The van der Waals surface area contributed by atoms with Gasteiger partial charge >= 0.3 is 0 Å². The van der Waals surface area contributed by atoms with Gasteiger partial charge in [0.2, 0.25) is 0 Å². The van der Waals surface area contributed by atoms with Crippen LogP contribution in [0.2, 0.25) is 0 Å². The molecular weight excluding hydrogens is 222 g/mol. The summed E-state index contributed by atoms with van der Waals surface area (Å²) in [7, 11) is 0. The van der Waals surface area contributed by atoms with E-state index in [4.69, 9.17) is 11.6 Å². The van der Waals surface area contributed by atoms with Gasteiger partial charge in [-0.15, -0.1) is 11.6 Å². The number of benzene rings is 1. The molecule has 0 aromatic heterocycles. The Balaban J connectivity index is 2.15. The van der Waals surface area contributed by atoms with Gasteiger partial charge in [0.15, 0.2) is 5.78 Å². The number of carbonyl (C=O) groups excluding carboxylic acids is 1. The summed E-state index contributed by atoms with van der Waals surface area (Å²) in [6.07, 6.45) is 1.72. The largest absolute Gasteiger partial charge is 0.387 e. The number of hydrogen-bond acceptors (Lipinski definition) is 2. The Morgan fingerprint density at radius 2 is 2.19 bits per heavy atom. The number of hydrogen-bond donors (Lipinski definition) is 1. The predicted octanol–water partition coefficient (Wildman–Crippen LogP) is 2.31.